The van der Waals surface area contributed by atoms with E-state index in [1.165, 1.54) is 152 Å². The van der Waals surface area contributed by atoms with Gasteiger partial charge in [-0.15, -0.1) is 0 Å². The maximum absolute atomic E-state index is 3.51. The monoisotopic (exact) mass is 642 g/mol. The van der Waals surface area contributed by atoms with Crippen molar-refractivity contribution in [3.05, 3.63) is 36.5 Å². The number of hydrogen-bond donors (Lipinski definition) is 0. The minimum Gasteiger partial charge on any atom is -0.0928 e. The Morgan fingerprint density at radius 3 is 1.16 bits per heavy atom. The summed E-state index contributed by atoms with van der Waals surface area (Å²) < 4.78 is 0. The first kappa shape index (κ1) is 37.2. The van der Waals surface area contributed by atoms with Gasteiger partial charge in [0.1, 0.15) is 0 Å². The Bertz CT molecular complexity index is 507. The number of alkyl halides is 2. The third kappa shape index (κ3) is 30.6. The molecule has 0 nitrogen and oxygen atoms in total. The van der Waals surface area contributed by atoms with Crippen molar-refractivity contribution in [3.63, 3.8) is 0 Å². The lowest BCUT2D eigenvalue weighted by molar-refractivity contribution is 0.328. The molecule has 0 spiro atoms. The minimum absolute atomic E-state index is 0.868. The second-order valence-corrected chi connectivity index (χ2v) is 13.0. The van der Waals surface area contributed by atoms with E-state index in [4.69, 9.17) is 0 Å². The predicted octanol–water partition coefficient (Wildman–Crippen LogP) is 13.7. The summed E-state index contributed by atoms with van der Waals surface area (Å²) in [6, 6.07) is 0. The van der Waals surface area contributed by atoms with E-state index in [0.29, 0.717) is 0 Å². The molecule has 0 aromatic heterocycles. The number of allylic oxidation sites excluding steroid dienone is 6. The van der Waals surface area contributed by atoms with Crippen molar-refractivity contribution in [2.24, 2.45) is 11.8 Å². The fourth-order valence-electron chi connectivity index (χ4n) is 4.90. The summed E-state index contributed by atoms with van der Waals surface area (Å²) in [6.45, 7) is 4.96. The van der Waals surface area contributed by atoms with Crippen LogP contribution >= 0.6 is 31.9 Å². The number of unbranched alkanes of at least 4 members (excludes halogenated alkanes) is 16. The van der Waals surface area contributed by atoms with E-state index in [-0.39, 0.29) is 0 Å². The first-order chi connectivity index (χ1) is 18.2. The van der Waals surface area contributed by atoms with Gasteiger partial charge in [-0.05, 0) is 82.5 Å². The van der Waals surface area contributed by atoms with E-state index in [9.17, 15) is 0 Å². The molecular weight excluding hydrogens is 580 g/mol. The van der Waals surface area contributed by atoms with E-state index < -0.39 is 0 Å². The summed E-state index contributed by atoms with van der Waals surface area (Å²) >= 11 is 7.02. The van der Waals surface area contributed by atoms with Gasteiger partial charge in [-0.2, -0.15) is 0 Å². The molecule has 0 heterocycles. The Labute approximate surface area is 251 Å². The second kappa shape index (κ2) is 32.4. The van der Waals surface area contributed by atoms with Gasteiger partial charge in [0.25, 0.3) is 0 Å². The zero-order valence-corrected chi connectivity index (χ0v) is 28.2. The van der Waals surface area contributed by atoms with Crippen molar-refractivity contribution < 1.29 is 0 Å². The van der Waals surface area contributed by atoms with Gasteiger partial charge in [-0.3, -0.25) is 0 Å². The van der Waals surface area contributed by atoms with E-state index in [1.807, 2.05) is 0 Å². The van der Waals surface area contributed by atoms with Crippen LogP contribution in [0.4, 0.5) is 0 Å². The predicted molar refractivity (Wildman–Crippen MR) is 180 cm³/mol. The van der Waals surface area contributed by atoms with Crippen molar-refractivity contribution in [3.8, 4) is 0 Å². The van der Waals surface area contributed by atoms with Crippen LogP contribution in [-0.2, 0) is 0 Å². The molecule has 0 saturated carbocycles. The number of hydrogen-bond acceptors (Lipinski definition) is 0. The Morgan fingerprint density at radius 2 is 0.703 bits per heavy atom. The summed E-state index contributed by atoms with van der Waals surface area (Å²) in [5.41, 5.74) is 0. The van der Waals surface area contributed by atoms with Crippen molar-refractivity contribution >= 4 is 31.9 Å². The molecular formula is C35H64Br2. The van der Waals surface area contributed by atoms with E-state index in [2.05, 4.69) is 82.2 Å². The Morgan fingerprint density at radius 1 is 0.378 bits per heavy atom. The molecule has 0 N–H and O–H groups in total. The fourth-order valence-corrected chi connectivity index (χ4v) is 5.69. The largest absolute Gasteiger partial charge is 0.0928 e. The van der Waals surface area contributed by atoms with Crippen LogP contribution < -0.4 is 0 Å². The molecule has 0 bridgehead atoms. The van der Waals surface area contributed by atoms with Gasteiger partial charge >= 0.3 is 0 Å². The highest BCUT2D eigenvalue weighted by atomic mass is 79.9. The van der Waals surface area contributed by atoms with Crippen molar-refractivity contribution in [2.75, 3.05) is 10.7 Å². The van der Waals surface area contributed by atoms with Crippen molar-refractivity contribution in [1.82, 2.24) is 0 Å². The van der Waals surface area contributed by atoms with Crippen molar-refractivity contribution in [2.45, 2.75) is 162 Å². The first-order valence-corrected chi connectivity index (χ1v) is 18.5. The quantitative estimate of drug-likeness (QED) is 0.0432. The molecule has 218 valence electrons. The average Bonchev–Trinajstić information content (AvgIpc) is 2.90. The summed E-state index contributed by atoms with van der Waals surface area (Å²) in [5.74, 6) is 1.74. The molecule has 0 amide bonds. The Hall–Kier alpha value is 0.180. The lowest BCUT2D eigenvalue weighted by Gasteiger charge is -2.19. The molecule has 0 aromatic carbocycles. The van der Waals surface area contributed by atoms with E-state index >= 15 is 0 Å². The zero-order valence-electron chi connectivity index (χ0n) is 25.1. The van der Waals surface area contributed by atoms with Gasteiger partial charge in [0.05, 0.1) is 0 Å². The molecule has 37 heavy (non-hydrogen) atoms. The molecule has 2 heteroatoms. The fraction of sp³-hybridized carbons (Fsp3) is 0.829. The van der Waals surface area contributed by atoms with Gasteiger partial charge in [-0.1, -0.05) is 159 Å². The molecule has 0 aliphatic rings. The molecule has 2 unspecified atom stereocenters. The van der Waals surface area contributed by atoms with Crippen LogP contribution in [0.1, 0.15) is 162 Å². The van der Waals surface area contributed by atoms with Crippen LogP contribution in [0.3, 0.4) is 0 Å². The highest BCUT2D eigenvalue weighted by Gasteiger charge is 2.11. The van der Waals surface area contributed by atoms with Gasteiger partial charge in [0.15, 0.2) is 0 Å². The lowest BCUT2D eigenvalue weighted by atomic mass is 9.87. The molecule has 0 fully saturated rings. The molecule has 0 aromatic rings. The van der Waals surface area contributed by atoms with Gasteiger partial charge < -0.3 is 0 Å². The van der Waals surface area contributed by atoms with Crippen molar-refractivity contribution in [1.29, 1.82) is 0 Å². The molecule has 0 rings (SSSR count). The number of halogens is 2. The van der Waals surface area contributed by atoms with Crippen LogP contribution in [0.25, 0.3) is 0 Å². The Balaban J connectivity index is 3.46. The lowest BCUT2D eigenvalue weighted by Crippen LogP contribution is -2.07. The topological polar surface area (TPSA) is 0 Å². The Kier molecular flexibility index (Phi) is 32.5. The normalized spacial score (nSPS) is 13.9. The van der Waals surface area contributed by atoms with E-state index in [1.54, 1.807) is 0 Å². The first-order valence-electron chi connectivity index (χ1n) is 16.3. The van der Waals surface area contributed by atoms with Gasteiger partial charge in [0.2, 0.25) is 0 Å². The summed E-state index contributed by atoms with van der Waals surface area (Å²) in [5, 5.41) is 2.33. The maximum Gasteiger partial charge on any atom is 0.00313 e. The van der Waals surface area contributed by atoms with Crippen LogP contribution in [0.2, 0.25) is 0 Å². The molecule has 0 aliphatic carbocycles. The zero-order chi connectivity index (χ0) is 27.1. The average molecular weight is 645 g/mol. The summed E-state index contributed by atoms with van der Waals surface area (Å²) in [7, 11) is 0. The highest BCUT2D eigenvalue weighted by molar-refractivity contribution is 9.09. The van der Waals surface area contributed by atoms with Gasteiger partial charge in [-0.25, -0.2) is 0 Å². The molecule has 2 atom stereocenters. The smallest absolute Gasteiger partial charge is 0.00313 e. The highest BCUT2D eigenvalue weighted by Crippen LogP contribution is 2.23. The summed E-state index contributed by atoms with van der Waals surface area (Å²) in [4.78, 5) is 0. The standard InChI is InChI=1S/C35H64Br2/c1-34(30-26-22-18-14-10-6-3-4-8-12-16-20-24-28-32-36)35(2)31-27-23-19-15-11-7-5-9-13-17-21-25-29-33-37/h3,6-7,11,14,18,34-35H,4-5,8-10,12-13,15-17,19-33H2,1-2H3/b6-3+,11-7-,18-14+. The van der Waals surface area contributed by atoms with Crippen LogP contribution in [0.5, 0.6) is 0 Å². The minimum atomic E-state index is 0.868. The maximum atomic E-state index is 3.51. The third-order valence-electron chi connectivity index (χ3n) is 7.81. The number of rotatable bonds is 29. The summed E-state index contributed by atoms with van der Waals surface area (Å²) in [6.07, 6.45) is 45.6. The SMILES string of the molecule is CC(CCC/C=C/C/C=C/CCCCCCCCBr)C(C)CCCCC/C=C\CCCCCCCCBr. The molecule has 0 saturated heterocycles. The van der Waals surface area contributed by atoms with Crippen LogP contribution in [-0.4, -0.2) is 10.7 Å². The molecule has 0 radical (unpaired) electrons. The van der Waals surface area contributed by atoms with Gasteiger partial charge in [0, 0.05) is 10.7 Å². The third-order valence-corrected chi connectivity index (χ3v) is 8.93. The second-order valence-electron chi connectivity index (χ2n) is 11.4. The van der Waals surface area contributed by atoms with E-state index in [0.717, 1.165) is 18.3 Å². The van der Waals surface area contributed by atoms with Crippen LogP contribution in [0, 0.1) is 11.8 Å². The van der Waals surface area contributed by atoms with Crippen LogP contribution in [0.15, 0.2) is 36.5 Å². The molecule has 0 aliphatic heterocycles.